The molecule has 7 N–H and O–H groups in total. The highest BCUT2D eigenvalue weighted by Gasteiger charge is 2.20. The van der Waals surface area contributed by atoms with Crippen LogP contribution in [0.4, 0.5) is 17.8 Å². The number of hydrogen-bond donors (Lipinski definition) is 4. The molecule has 334 valence electrons. The van der Waals surface area contributed by atoms with Crippen LogP contribution in [0.5, 0.6) is 0 Å². The van der Waals surface area contributed by atoms with Crippen molar-refractivity contribution >= 4 is 39.2 Å². The molecule has 2 aromatic carbocycles. The molecule has 2 aliphatic rings. The zero-order valence-electron chi connectivity index (χ0n) is 35.3. The Labute approximate surface area is 368 Å². The van der Waals surface area contributed by atoms with Crippen molar-refractivity contribution in [2.45, 2.75) is 43.7 Å². The maximum atomic E-state index is 11.4. The number of hydrogen-bond acceptors (Lipinski definition) is 18. The highest BCUT2D eigenvalue weighted by molar-refractivity contribution is 7.90. The van der Waals surface area contributed by atoms with Crippen LogP contribution >= 0.6 is 0 Å². The largest absolute Gasteiger partial charge is 0.461 e. The van der Waals surface area contributed by atoms with Crippen molar-refractivity contribution in [1.82, 2.24) is 49.1 Å². The van der Waals surface area contributed by atoms with E-state index in [1.165, 1.54) is 52.3 Å². The summed E-state index contributed by atoms with van der Waals surface area (Å²) in [7, 11) is -3.57. The van der Waals surface area contributed by atoms with Crippen LogP contribution in [0.2, 0.25) is 0 Å². The van der Waals surface area contributed by atoms with Crippen molar-refractivity contribution in [1.29, 1.82) is 0 Å². The van der Waals surface area contributed by atoms with Crippen molar-refractivity contribution in [3.05, 3.63) is 108 Å². The highest BCUT2D eigenvalue weighted by atomic mass is 32.2. The van der Waals surface area contributed by atoms with Crippen LogP contribution in [0, 0.1) is 11.8 Å². The molecule has 21 heteroatoms. The first kappa shape index (κ1) is 43.8. The number of nitrogen functional groups attached to an aromatic ring is 2. The quantitative estimate of drug-likeness (QED) is 0.113. The van der Waals surface area contributed by atoms with Gasteiger partial charge in [-0.3, -0.25) is 0 Å². The minimum atomic E-state index is -3.57. The number of aromatic nitrogens is 10. The number of furan rings is 2. The summed E-state index contributed by atoms with van der Waals surface area (Å²) < 4.78 is 46.2. The molecule has 0 aliphatic carbocycles. The smallest absolute Gasteiger partial charge is 0.259 e. The molecule has 0 spiro atoms. The first-order valence-electron chi connectivity index (χ1n) is 20.9. The van der Waals surface area contributed by atoms with Crippen LogP contribution < -0.4 is 22.5 Å². The summed E-state index contributed by atoms with van der Waals surface area (Å²) in [5.41, 5.74) is 22.6. The molecule has 0 bridgehead atoms. The Morgan fingerprint density at radius 1 is 0.625 bits per heavy atom. The van der Waals surface area contributed by atoms with Gasteiger partial charge in [0.05, 0.1) is 39.0 Å². The first-order chi connectivity index (χ1) is 31.1. The molecule has 0 radical (unpaired) electrons. The predicted octanol–water partition coefficient (Wildman–Crippen LogP) is 4.13. The van der Waals surface area contributed by atoms with E-state index in [0.717, 1.165) is 74.8 Å². The average Bonchev–Trinajstić information content (AvgIpc) is 4.09. The topological polar surface area (TPSA) is 281 Å². The van der Waals surface area contributed by atoms with E-state index in [1.807, 2.05) is 0 Å². The number of anilines is 3. The van der Waals surface area contributed by atoms with Crippen LogP contribution in [-0.2, 0) is 45.0 Å². The van der Waals surface area contributed by atoms with E-state index in [0.29, 0.717) is 35.6 Å². The number of fused-ring (bicyclic) bond motifs is 2. The van der Waals surface area contributed by atoms with Gasteiger partial charge < -0.3 is 40.8 Å². The molecule has 0 unspecified atom stereocenters. The molecular formula is C43H50N14O6S. The fourth-order valence-electron chi connectivity index (χ4n) is 6.73. The van der Waals surface area contributed by atoms with Crippen LogP contribution in [0.1, 0.15) is 35.1 Å². The van der Waals surface area contributed by atoms with E-state index < -0.39 is 15.0 Å². The predicted molar refractivity (Wildman–Crippen MR) is 238 cm³/mol. The summed E-state index contributed by atoms with van der Waals surface area (Å²) in [6, 6.07) is 24.5. The molecule has 10 rings (SSSR count). The molecule has 2 fully saturated rings. The van der Waals surface area contributed by atoms with E-state index in [4.69, 9.17) is 35.5 Å². The molecule has 2 saturated heterocycles. The number of rotatable bonds is 15. The van der Waals surface area contributed by atoms with Crippen molar-refractivity contribution < 1.29 is 26.7 Å². The Hall–Kier alpha value is -6.81. The van der Waals surface area contributed by atoms with Gasteiger partial charge in [0.1, 0.15) is 0 Å². The number of nitrogens with one attached hydrogen (secondary N) is 1. The van der Waals surface area contributed by atoms with E-state index >= 15 is 0 Å². The number of nitrogens with two attached hydrogens (primary N) is 3. The number of aryl methyl sites for hydroxylation is 2. The van der Waals surface area contributed by atoms with Crippen LogP contribution in [0.15, 0.2) is 99.3 Å². The lowest BCUT2D eigenvalue weighted by Gasteiger charge is -2.25. The summed E-state index contributed by atoms with van der Waals surface area (Å²) in [5, 5.41) is 11.2. The Kier molecular flexibility index (Phi) is 13.8. The van der Waals surface area contributed by atoms with Gasteiger partial charge in [0.25, 0.3) is 16.7 Å². The van der Waals surface area contributed by atoms with E-state index in [2.05, 4.69) is 93.9 Å². The van der Waals surface area contributed by atoms with Crippen molar-refractivity contribution in [3.63, 3.8) is 0 Å². The fourth-order valence-corrected chi connectivity index (χ4v) is 7.24. The molecule has 8 heterocycles. The van der Waals surface area contributed by atoms with Crippen LogP contribution in [0.25, 0.3) is 34.7 Å². The number of nitrogens with zero attached hydrogens (tertiary/aromatic N) is 10. The lowest BCUT2D eigenvalue weighted by molar-refractivity contribution is -0.0352. The summed E-state index contributed by atoms with van der Waals surface area (Å²) in [4.78, 5) is 24.6. The Balaban J connectivity index is 0.000000141. The summed E-state index contributed by atoms with van der Waals surface area (Å²) in [6.07, 6.45) is 10.6. The Morgan fingerprint density at radius 3 is 1.53 bits per heavy atom. The van der Waals surface area contributed by atoms with Gasteiger partial charge in [-0.05, 0) is 91.6 Å². The zero-order valence-corrected chi connectivity index (χ0v) is 36.1. The average molecular weight is 891 g/mol. The van der Waals surface area contributed by atoms with Gasteiger partial charge in [0.2, 0.25) is 39.3 Å². The normalized spacial score (nSPS) is 14.0. The summed E-state index contributed by atoms with van der Waals surface area (Å²) in [5.74, 6) is 4.12. The van der Waals surface area contributed by atoms with Crippen molar-refractivity contribution in [2.24, 2.45) is 17.6 Å². The van der Waals surface area contributed by atoms with Gasteiger partial charge >= 0.3 is 0 Å². The van der Waals surface area contributed by atoms with Gasteiger partial charge in [-0.1, -0.05) is 48.5 Å². The molecule has 0 atom stereocenters. The molecule has 0 saturated carbocycles. The number of sulfone groups is 1. The summed E-state index contributed by atoms with van der Waals surface area (Å²) >= 11 is 0. The molecule has 0 amide bonds. The SMILES string of the molecule is CS(=O)(=O)c1nc(N)n2nc(-c3ccco3)nc2n1.NCCc1ccc(CCC2COC2)cc1.Nc1nc(NCCc2ccc(CCC3COC3)cc2)nc2nc(-c3ccco3)nn12. The zero-order chi connectivity index (χ0) is 44.5. The van der Waals surface area contributed by atoms with E-state index in [1.54, 1.807) is 30.5 Å². The van der Waals surface area contributed by atoms with Gasteiger partial charge in [0.15, 0.2) is 11.5 Å². The molecule has 8 aromatic rings. The first-order valence-corrected chi connectivity index (χ1v) is 22.8. The highest BCUT2D eigenvalue weighted by Crippen LogP contribution is 2.21. The Morgan fingerprint density at radius 2 is 1.09 bits per heavy atom. The Bertz CT molecular complexity index is 2840. The lowest BCUT2D eigenvalue weighted by atomic mass is 9.97. The third-order valence-corrected chi connectivity index (χ3v) is 11.4. The van der Waals surface area contributed by atoms with Crippen LogP contribution in [0.3, 0.4) is 0 Å². The van der Waals surface area contributed by atoms with Crippen LogP contribution in [-0.4, -0.2) is 103 Å². The minimum absolute atomic E-state index is 0.0410. The van der Waals surface area contributed by atoms with E-state index in [9.17, 15) is 8.42 Å². The van der Waals surface area contributed by atoms with Crippen molar-refractivity contribution in [2.75, 3.05) is 62.6 Å². The van der Waals surface area contributed by atoms with Gasteiger partial charge in [-0.15, -0.1) is 10.2 Å². The van der Waals surface area contributed by atoms with E-state index in [-0.39, 0.29) is 23.5 Å². The molecule has 2 aliphatic heterocycles. The maximum Gasteiger partial charge on any atom is 0.259 e. The molecule has 6 aromatic heterocycles. The fraction of sp³-hybridized carbons (Fsp3) is 0.349. The number of benzene rings is 2. The van der Waals surface area contributed by atoms with Gasteiger partial charge in [-0.2, -0.15) is 38.9 Å². The minimum Gasteiger partial charge on any atom is -0.461 e. The summed E-state index contributed by atoms with van der Waals surface area (Å²) in [6.45, 7) is 5.19. The van der Waals surface area contributed by atoms with Gasteiger partial charge in [0, 0.05) is 24.6 Å². The monoisotopic (exact) mass is 890 g/mol. The second kappa shape index (κ2) is 20.1. The second-order valence-electron chi connectivity index (χ2n) is 15.5. The molecular weight excluding hydrogens is 841 g/mol. The number of ether oxygens (including phenoxy) is 2. The lowest BCUT2D eigenvalue weighted by Crippen LogP contribution is -2.27. The third-order valence-electron chi connectivity index (χ3n) is 10.5. The molecule has 64 heavy (non-hydrogen) atoms. The van der Waals surface area contributed by atoms with Crippen molar-refractivity contribution in [3.8, 4) is 23.2 Å². The van der Waals surface area contributed by atoms with Gasteiger partial charge in [-0.25, -0.2) is 8.42 Å². The second-order valence-corrected chi connectivity index (χ2v) is 17.4. The standard InChI is InChI=1S/C21H23N7O2.C13H19NO.C9H8N6O3S/c22-19-25-20(26-21-24-18(27-28(19)21)17-2-1-11-30-17)23-10-9-15-5-3-14(4-6-15)7-8-16-12-29-13-16;14-8-7-12-3-1-11(2-4-12)5-6-13-9-15-10-13;1-19(16,17)9-12-7(10)15-8(13-9)11-6(14-15)5-3-2-4-18-5/h1-6,11,16H,7-10,12-13H2,(H3,22,23,24,25,26,27);1-4,13H,5-10,14H2;2-4H,1H3,(H2,10,11,12,13,14). The third kappa shape index (κ3) is 11.2. The molecule has 20 nitrogen and oxygen atoms in total. The maximum absolute atomic E-state index is 11.4.